The lowest BCUT2D eigenvalue weighted by Gasteiger charge is -2.30. The van der Waals surface area contributed by atoms with E-state index < -0.39 is 5.97 Å². The van der Waals surface area contributed by atoms with E-state index in [2.05, 4.69) is 0 Å². The quantitative estimate of drug-likeness (QED) is 0.605. The zero-order valence-corrected chi connectivity index (χ0v) is 15.9. The van der Waals surface area contributed by atoms with Crippen molar-refractivity contribution in [3.8, 4) is 5.75 Å². The molecule has 6 heteroatoms. The summed E-state index contributed by atoms with van der Waals surface area (Å²) in [6.07, 6.45) is 0. The molecule has 0 radical (unpaired) electrons. The van der Waals surface area contributed by atoms with Gasteiger partial charge in [-0.1, -0.05) is 36.0 Å². The summed E-state index contributed by atoms with van der Waals surface area (Å²) in [7, 11) is 1.55. The molecule has 0 atom stereocenters. The minimum atomic E-state index is -0.552. The lowest BCUT2D eigenvalue weighted by Crippen LogP contribution is -2.32. The third-order valence-electron chi connectivity index (χ3n) is 4.33. The minimum Gasteiger partial charge on any atom is -0.497 e. The van der Waals surface area contributed by atoms with Crippen molar-refractivity contribution < 1.29 is 19.1 Å². The average molecular weight is 391 g/mol. The molecule has 0 saturated carbocycles. The van der Waals surface area contributed by atoms with Crippen LogP contribution in [-0.2, 0) is 9.53 Å². The number of hydrogen-bond donors (Lipinski definition) is 0. The highest BCUT2D eigenvalue weighted by Crippen LogP contribution is 2.47. The summed E-state index contributed by atoms with van der Waals surface area (Å²) in [5.41, 5.74) is 1.94. The molecule has 0 bridgehead atoms. The Hall–Kier alpha value is -3.25. The highest BCUT2D eigenvalue weighted by molar-refractivity contribution is 7.99. The first-order valence-corrected chi connectivity index (χ1v) is 9.49. The number of amides is 1. The van der Waals surface area contributed by atoms with E-state index in [0.29, 0.717) is 11.3 Å². The van der Waals surface area contributed by atoms with Gasteiger partial charge in [-0.3, -0.25) is 9.69 Å². The number of para-hydroxylation sites is 2. The Kier molecular flexibility index (Phi) is 5.04. The van der Waals surface area contributed by atoms with E-state index in [1.165, 1.54) is 0 Å². The summed E-state index contributed by atoms with van der Waals surface area (Å²) in [5.74, 6) is -0.210. The van der Waals surface area contributed by atoms with E-state index in [0.717, 1.165) is 21.2 Å². The van der Waals surface area contributed by atoms with E-state index in [1.54, 1.807) is 48.0 Å². The average Bonchev–Trinajstić information content (AvgIpc) is 2.75. The monoisotopic (exact) mass is 391 g/mol. The molecule has 0 fully saturated rings. The van der Waals surface area contributed by atoms with Gasteiger partial charge in [0.25, 0.3) is 5.91 Å². The fourth-order valence-electron chi connectivity index (χ4n) is 2.98. The normalized spacial score (nSPS) is 12.0. The molecule has 5 nitrogen and oxygen atoms in total. The number of nitrogens with zero attached hydrogens (tertiary/aromatic N) is 1. The van der Waals surface area contributed by atoms with Gasteiger partial charge in [0.2, 0.25) is 0 Å². The van der Waals surface area contributed by atoms with Crippen LogP contribution in [-0.4, -0.2) is 25.6 Å². The Morgan fingerprint density at radius 3 is 2.00 bits per heavy atom. The molecule has 0 aromatic heterocycles. The van der Waals surface area contributed by atoms with Crippen LogP contribution in [0.1, 0.15) is 10.4 Å². The maximum atomic E-state index is 13.0. The van der Waals surface area contributed by atoms with Gasteiger partial charge >= 0.3 is 5.97 Å². The van der Waals surface area contributed by atoms with Crippen LogP contribution < -0.4 is 9.64 Å². The molecule has 3 aromatic rings. The van der Waals surface area contributed by atoms with Crippen LogP contribution in [0.15, 0.2) is 82.6 Å². The van der Waals surface area contributed by atoms with Crippen molar-refractivity contribution in [1.29, 1.82) is 0 Å². The Balaban J connectivity index is 1.54. The van der Waals surface area contributed by atoms with Gasteiger partial charge < -0.3 is 9.47 Å². The van der Waals surface area contributed by atoms with Crippen LogP contribution >= 0.6 is 11.8 Å². The number of rotatable bonds is 4. The zero-order valence-electron chi connectivity index (χ0n) is 15.1. The predicted molar refractivity (Wildman–Crippen MR) is 107 cm³/mol. The molecule has 3 aromatic carbocycles. The summed E-state index contributed by atoms with van der Waals surface area (Å²) in [6.45, 7) is -0.349. The molecule has 140 valence electrons. The molecule has 1 amide bonds. The SMILES string of the molecule is COc1ccc(C(=O)OCC(=O)N2c3ccccc3Sc3ccccc32)cc1. The lowest BCUT2D eigenvalue weighted by molar-refractivity contribution is -0.121. The van der Waals surface area contributed by atoms with E-state index in [4.69, 9.17) is 9.47 Å². The summed E-state index contributed by atoms with van der Waals surface area (Å²) in [6, 6.07) is 21.9. The number of anilines is 2. The van der Waals surface area contributed by atoms with Crippen molar-refractivity contribution in [2.45, 2.75) is 9.79 Å². The van der Waals surface area contributed by atoms with Crippen molar-refractivity contribution in [2.75, 3.05) is 18.6 Å². The first-order chi connectivity index (χ1) is 13.7. The summed E-state index contributed by atoms with van der Waals surface area (Å²) in [4.78, 5) is 28.8. The van der Waals surface area contributed by atoms with Crippen LogP contribution in [0, 0.1) is 0 Å². The largest absolute Gasteiger partial charge is 0.497 e. The third kappa shape index (κ3) is 3.46. The standard InChI is InChI=1S/C22H17NO4S/c1-26-16-12-10-15(11-13-16)22(25)27-14-21(24)23-17-6-2-4-8-19(17)28-20-9-5-3-7-18(20)23/h2-13H,14H2,1H3. The predicted octanol–water partition coefficient (Wildman–Crippen LogP) is 4.68. The topological polar surface area (TPSA) is 55.8 Å². The zero-order chi connectivity index (χ0) is 19.5. The molecule has 1 heterocycles. The summed E-state index contributed by atoms with van der Waals surface area (Å²) in [5, 5.41) is 0. The summed E-state index contributed by atoms with van der Waals surface area (Å²) >= 11 is 1.61. The molecular formula is C22H17NO4S. The number of hydrogen-bond acceptors (Lipinski definition) is 5. The molecule has 28 heavy (non-hydrogen) atoms. The number of fused-ring (bicyclic) bond motifs is 2. The van der Waals surface area contributed by atoms with Crippen molar-refractivity contribution in [1.82, 2.24) is 0 Å². The fraction of sp³-hybridized carbons (Fsp3) is 0.0909. The highest BCUT2D eigenvalue weighted by atomic mass is 32.2. The van der Waals surface area contributed by atoms with Gasteiger partial charge in [0, 0.05) is 9.79 Å². The van der Waals surface area contributed by atoms with E-state index in [-0.39, 0.29) is 12.5 Å². The molecule has 0 N–H and O–H groups in total. The van der Waals surface area contributed by atoms with Crippen LogP contribution in [0.25, 0.3) is 0 Å². The Bertz CT molecular complexity index is 987. The number of benzene rings is 3. The first-order valence-electron chi connectivity index (χ1n) is 8.67. The molecule has 1 aliphatic rings. The van der Waals surface area contributed by atoms with Crippen LogP contribution in [0.2, 0.25) is 0 Å². The van der Waals surface area contributed by atoms with Gasteiger partial charge in [0.1, 0.15) is 5.75 Å². The highest BCUT2D eigenvalue weighted by Gasteiger charge is 2.28. The molecule has 0 aliphatic carbocycles. The van der Waals surface area contributed by atoms with Gasteiger partial charge in [0.05, 0.1) is 24.0 Å². The van der Waals surface area contributed by atoms with Gasteiger partial charge in [-0.15, -0.1) is 0 Å². The Morgan fingerprint density at radius 1 is 0.857 bits per heavy atom. The minimum absolute atomic E-state index is 0.304. The molecule has 4 rings (SSSR count). The molecule has 0 unspecified atom stereocenters. The van der Waals surface area contributed by atoms with E-state index in [1.807, 2.05) is 48.5 Å². The smallest absolute Gasteiger partial charge is 0.338 e. The number of carbonyl (C=O) groups is 2. The molecule has 1 aliphatic heterocycles. The number of ether oxygens (including phenoxy) is 2. The van der Waals surface area contributed by atoms with Crippen molar-refractivity contribution in [2.24, 2.45) is 0 Å². The maximum absolute atomic E-state index is 13.0. The van der Waals surface area contributed by atoms with E-state index in [9.17, 15) is 9.59 Å². The van der Waals surface area contributed by atoms with Gasteiger partial charge in [0.15, 0.2) is 6.61 Å². The maximum Gasteiger partial charge on any atom is 0.338 e. The number of methoxy groups -OCH3 is 1. The Morgan fingerprint density at radius 2 is 1.43 bits per heavy atom. The van der Waals surface area contributed by atoms with Gasteiger partial charge in [-0.05, 0) is 48.5 Å². The summed E-state index contributed by atoms with van der Waals surface area (Å²) < 4.78 is 10.3. The molecule has 0 saturated heterocycles. The third-order valence-corrected chi connectivity index (χ3v) is 5.46. The van der Waals surface area contributed by atoms with E-state index >= 15 is 0 Å². The van der Waals surface area contributed by atoms with Gasteiger partial charge in [-0.25, -0.2) is 4.79 Å². The van der Waals surface area contributed by atoms with Crippen molar-refractivity contribution in [3.05, 3.63) is 78.4 Å². The van der Waals surface area contributed by atoms with Crippen LogP contribution in [0.3, 0.4) is 0 Å². The van der Waals surface area contributed by atoms with Crippen molar-refractivity contribution >= 4 is 35.0 Å². The second-order valence-corrected chi connectivity index (χ2v) is 7.16. The Labute approximate surface area is 166 Å². The lowest BCUT2D eigenvalue weighted by atomic mass is 10.2. The van der Waals surface area contributed by atoms with Gasteiger partial charge in [-0.2, -0.15) is 0 Å². The first kappa shape index (κ1) is 18.1. The second-order valence-electron chi connectivity index (χ2n) is 6.07. The van der Waals surface area contributed by atoms with Crippen LogP contribution in [0.4, 0.5) is 11.4 Å². The van der Waals surface area contributed by atoms with Crippen molar-refractivity contribution in [3.63, 3.8) is 0 Å². The number of esters is 1. The fourth-order valence-corrected chi connectivity index (χ4v) is 4.03. The van der Waals surface area contributed by atoms with Crippen LogP contribution in [0.5, 0.6) is 5.75 Å². The second kappa shape index (κ2) is 7.78. The number of carbonyl (C=O) groups excluding carboxylic acids is 2. The molecular weight excluding hydrogens is 374 g/mol. The molecule has 0 spiro atoms.